The second-order valence-electron chi connectivity index (χ2n) is 7.34. The predicted molar refractivity (Wildman–Crippen MR) is 104 cm³/mol. The van der Waals surface area contributed by atoms with Gasteiger partial charge in [-0.1, -0.05) is 46.8 Å². The highest BCUT2D eigenvalue weighted by molar-refractivity contribution is 7.92. The van der Waals surface area contributed by atoms with Gasteiger partial charge in [-0.25, -0.2) is 8.42 Å². The van der Waals surface area contributed by atoms with Crippen molar-refractivity contribution in [1.82, 2.24) is 5.32 Å². The Labute approximate surface area is 152 Å². The van der Waals surface area contributed by atoms with Crippen LogP contribution in [0.1, 0.15) is 46.6 Å². The molecule has 0 aliphatic heterocycles. The Balaban J connectivity index is 3.24. The van der Waals surface area contributed by atoms with E-state index in [9.17, 15) is 13.2 Å². The zero-order chi connectivity index (χ0) is 19.4. The third kappa shape index (κ3) is 5.73. The Hall–Kier alpha value is -1.56. The van der Waals surface area contributed by atoms with Gasteiger partial charge in [0.1, 0.15) is 6.04 Å². The van der Waals surface area contributed by atoms with Gasteiger partial charge in [-0.15, -0.1) is 0 Å². The number of aryl methyl sites for hydroxylation is 1. The number of anilines is 1. The number of nitrogens with zero attached hydrogens (tertiary/aromatic N) is 1. The molecule has 1 rings (SSSR count). The van der Waals surface area contributed by atoms with Crippen LogP contribution >= 0.6 is 0 Å². The third-order valence-corrected chi connectivity index (χ3v) is 5.51. The molecule has 1 aromatic carbocycles. The molecular weight excluding hydrogens is 336 g/mol. The fourth-order valence-electron chi connectivity index (χ4n) is 3.19. The first-order valence-corrected chi connectivity index (χ1v) is 10.7. The molecule has 5 nitrogen and oxygen atoms in total. The normalized spacial score (nSPS) is 13.4. The maximum absolute atomic E-state index is 12.9. The molecule has 1 amide bonds. The zero-order valence-corrected chi connectivity index (χ0v) is 17.2. The monoisotopic (exact) mass is 368 g/mol. The Morgan fingerprint density at radius 3 is 2.12 bits per heavy atom. The molecular formula is C19H32N2O3S. The summed E-state index contributed by atoms with van der Waals surface area (Å²) >= 11 is 0. The Morgan fingerprint density at radius 2 is 1.72 bits per heavy atom. The first kappa shape index (κ1) is 21.5. The highest BCUT2D eigenvalue weighted by Gasteiger charge is 2.33. The van der Waals surface area contributed by atoms with Crippen molar-refractivity contribution < 1.29 is 13.2 Å². The number of benzene rings is 1. The maximum atomic E-state index is 12.9. The molecule has 0 saturated heterocycles. The topological polar surface area (TPSA) is 66.5 Å². The summed E-state index contributed by atoms with van der Waals surface area (Å²) in [6.45, 7) is 12.0. The highest BCUT2D eigenvalue weighted by Crippen LogP contribution is 2.24. The molecule has 0 aromatic heterocycles. The molecule has 0 radical (unpaired) electrons. The number of hydrogen-bond acceptors (Lipinski definition) is 3. The van der Waals surface area contributed by atoms with E-state index in [0.717, 1.165) is 11.8 Å². The number of rotatable bonds is 8. The Kier molecular flexibility index (Phi) is 7.47. The van der Waals surface area contributed by atoms with Crippen LogP contribution in [-0.4, -0.2) is 32.7 Å². The lowest BCUT2D eigenvalue weighted by molar-refractivity contribution is -0.123. The lowest BCUT2D eigenvalue weighted by Gasteiger charge is -2.33. The maximum Gasteiger partial charge on any atom is 0.244 e. The number of carbonyl (C=O) groups excluding carboxylic acids is 1. The summed E-state index contributed by atoms with van der Waals surface area (Å²) < 4.78 is 26.1. The van der Waals surface area contributed by atoms with E-state index in [2.05, 4.69) is 33.0 Å². The van der Waals surface area contributed by atoms with Gasteiger partial charge in [-0.3, -0.25) is 9.10 Å². The molecule has 142 valence electrons. The van der Waals surface area contributed by atoms with Crippen molar-refractivity contribution in [1.29, 1.82) is 0 Å². The largest absolute Gasteiger partial charge is 0.351 e. The molecule has 0 aliphatic carbocycles. The lowest BCUT2D eigenvalue weighted by Crippen LogP contribution is -2.53. The number of amides is 1. The standard InChI is InChI=1S/C19H32N2O3S/c1-8-17(19(22)20-18(13(2)3)14(4)5)21(25(7,23)24)16-11-9-10-15(6)12-16/h9-14,17-18H,8H2,1-7H3,(H,20,22). The summed E-state index contributed by atoms with van der Waals surface area (Å²) in [4.78, 5) is 12.9. The van der Waals surface area contributed by atoms with Crippen LogP contribution < -0.4 is 9.62 Å². The summed E-state index contributed by atoms with van der Waals surface area (Å²) in [5, 5.41) is 3.06. The summed E-state index contributed by atoms with van der Waals surface area (Å²) in [5.74, 6) is 0.293. The SMILES string of the molecule is CCC(C(=O)NC(C(C)C)C(C)C)N(c1cccc(C)c1)S(C)(=O)=O. The van der Waals surface area contributed by atoms with Crippen LogP contribution in [0.15, 0.2) is 24.3 Å². The molecule has 0 saturated carbocycles. The quantitative estimate of drug-likeness (QED) is 0.765. The molecule has 0 fully saturated rings. The second kappa shape index (κ2) is 8.70. The van der Waals surface area contributed by atoms with Crippen LogP contribution in [0.2, 0.25) is 0 Å². The van der Waals surface area contributed by atoms with Gasteiger partial charge in [0.2, 0.25) is 15.9 Å². The molecule has 25 heavy (non-hydrogen) atoms. The molecule has 1 atom stereocenters. The van der Waals surface area contributed by atoms with Crippen LogP contribution in [0, 0.1) is 18.8 Å². The van der Waals surface area contributed by atoms with Gasteiger partial charge in [0.25, 0.3) is 0 Å². The fraction of sp³-hybridized carbons (Fsp3) is 0.632. The zero-order valence-electron chi connectivity index (χ0n) is 16.4. The highest BCUT2D eigenvalue weighted by atomic mass is 32.2. The Morgan fingerprint density at radius 1 is 1.16 bits per heavy atom. The van der Waals surface area contributed by atoms with Crippen molar-refractivity contribution in [3.63, 3.8) is 0 Å². The van der Waals surface area contributed by atoms with Gasteiger partial charge in [0.05, 0.1) is 11.9 Å². The van der Waals surface area contributed by atoms with E-state index >= 15 is 0 Å². The summed E-state index contributed by atoms with van der Waals surface area (Å²) in [7, 11) is -3.59. The minimum absolute atomic E-state index is 0.000435. The van der Waals surface area contributed by atoms with E-state index in [4.69, 9.17) is 0 Å². The van der Waals surface area contributed by atoms with E-state index in [1.54, 1.807) is 18.2 Å². The molecule has 0 heterocycles. The molecule has 1 N–H and O–H groups in total. The van der Waals surface area contributed by atoms with Crippen LogP contribution in [0.4, 0.5) is 5.69 Å². The van der Waals surface area contributed by atoms with Crippen LogP contribution in [0.5, 0.6) is 0 Å². The van der Waals surface area contributed by atoms with E-state index in [1.165, 1.54) is 4.31 Å². The smallest absolute Gasteiger partial charge is 0.244 e. The molecule has 0 spiro atoms. The van der Waals surface area contributed by atoms with E-state index < -0.39 is 16.1 Å². The average molecular weight is 369 g/mol. The van der Waals surface area contributed by atoms with Gasteiger partial charge in [-0.05, 0) is 42.9 Å². The van der Waals surface area contributed by atoms with Crippen LogP contribution in [-0.2, 0) is 14.8 Å². The number of nitrogens with one attached hydrogen (secondary N) is 1. The molecule has 0 bridgehead atoms. The van der Waals surface area contributed by atoms with Crippen molar-refractivity contribution in [2.75, 3.05) is 10.6 Å². The molecule has 6 heteroatoms. The van der Waals surface area contributed by atoms with Crippen molar-refractivity contribution in [2.45, 2.75) is 60.0 Å². The third-order valence-electron chi connectivity index (χ3n) is 4.33. The summed E-state index contributed by atoms with van der Waals surface area (Å²) in [6, 6.07) is 6.46. The Bertz CT molecular complexity index is 676. The van der Waals surface area contributed by atoms with Gasteiger partial charge in [0, 0.05) is 6.04 Å². The van der Waals surface area contributed by atoms with Crippen molar-refractivity contribution in [3.05, 3.63) is 29.8 Å². The van der Waals surface area contributed by atoms with Crippen LogP contribution in [0.25, 0.3) is 0 Å². The first-order chi connectivity index (χ1) is 11.5. The van der Waals surface area contributed by atoms with Gasteiger partial charge >= 0.3 is 0 Å². The average Bonchev–Trinajstić information content (AvgIpc) is 2.47. The van der Waals surface area contributed by atoms with E-state index in [0.29, 0.717) is 12.1 Å². The molecule has 0 aliphatic rings. The van der Waals surface area contributed by atoms with Crippen molar-refractivity contribution in [3.8, 4) is 0 Å². The predicted octanol–water partition coefficient (Wildman–Crippen LogP) is 3.34. The minimum Gasteiger partial charge on any atom is -0.351 e. The lowest BCUT2D eigenvalue weighted by atomic mass is 9.93. The second-order valence-corrected chi connectivity index (χ2v) is 9.20. The van der Waals surface area contributed by atoms with Gasteiger partial charge < -0.3 is 5.32 Å². The summed E-state index contributed by atoms with van der Waals surface area (Å²) in [6.07, 6.45) is 1.55. The number of sulfonamides is 1. The van der Waals surface area contributed by atoms with E-state index in [1.807, 2.05) is 19.9 Å². The first-order valence-electron chi connectivity index (χ1n) is 8.85. The molecule has 1 unspecified atom stereocenters. The molecule has 1 aromatic rings. The minimum atomic E-state index is -3.59. The van der Waals surface area contributed by atoms with Crippen LogP contribution in [0.3, 0.4) is 0 Å². The van der Waals surface area contributed by atoms with Gasteiger partial charge in [-0.2, -0.15) is 0 Å². The number of carbonyl (C=O) groups is 1. The van der Waals surface area contributed by atoms with E-state index in [-0.39, 0.29) is 23.8 Å². The van der Waals surface area contributed by atoms with Gasteiger partial charge in [0.15, 0.2) is 0 Å². The number of hydrogen-bond donors (Lipinski definition) is 1. The summed E-state index contributed by atoms with van der Waals surface area (Å²) in [5.41, 5.74) is 1.47. The fourth-order valence-corrected chi connectivity index (χ4v) is 4.39. The van der Waals surface area contributed by atoms with Crippen molar-refractivity contribution >= 4 is 21.6 Å². The van der Waals surface area contributed by atoms with Crippen molar-refractivity contribution in [2.24, 2.45) is 11.8 Å².